The molecule has 0 unspecified atom stereocenters. The summed E-state index contributed by atoms with van der Waals surface area (Å²) in [5.41, 5.74) is 1.21. The minimum absolute atomic E-state index is 0.237. The minimum Gasteiger partial charge on any atom is -0.373 e. The van der Waals surface area contributed by atoms with Crippen molar-refractivity contribution >= 4 is 11.7 Å². The summed E-state index contributed by atoms with van der Waals surface area (Å²) in [7, 11) is 1.74. The Labute approximate surface area is 117 Å². The van der Waals surface area contributed by atoms with Crippen molar-refractivity contribution in [3.05, 3.63) is 59.5 Å². The molecule has 2 N–H and O–H groups in total. The smallest absolute Gasteiger partial charge is 0.269 e. The normalized spacial score (nSPS) is 10.1. The third-order valence-corrected chi connectivity index (χ3v) is 2.83. The molecule has 2 aromatic rings. The average Bonchev–Trinajstić information content (AvgIpc) is 2.47. The molecule has 0 atom stereocenters. The number of hydrogen-bond acceptors (Lipinski definition) is 3. The Bertz CT molecular complexity index is 601. The molecule has 1 aromatic carbocycles. The van der Waals surface area contributed by atoms with E-state index in [0.29, 0.717) is 24.5 Å². The predicted octanol–water partition coefficient (Wildman–Crippen LogP) is 2.23. The standard InChI is InChI=1S/C15H16FN3O/c1-17-14-7-3-6-13(19-14)15(20)18-9-8-11-4-2-5-12(16)10-11/h2-7,10H,8-9H2,1H3,(H,17,19)(H,18,20). The Morgan fingerprint density at radius 3 is 2.80 bits per heavy atom. The lowest BCUT2D eigenvalue weighted by atomic mass is 10.1. The first-order valence-electron chi connectivity index (χ1n) is 6.36. The molecule has 0 bridgehead atoms. The van der Waals surface area contributed by atoms with Crippen LogP contribution in [0.1, 0.15) is 16.1 Å². The van der Waals surface area contributed by atoms with Crippen LogP contribution in [0.4, 0.5) is 10.2 Å². The van der Waals surface area contributed by atoms with Gasteiger partial charge in [-0.3, -0.25) is 4.79 Å². The first kappa shape index (κ1) is 14.0. The lowest BCUT2D eigenvalue weighted by Crippen LogP contribution is -2.26. The second kappa shape index (κ2) is 6.65. The molecule has 0 fully saturated rings. The Kier molecular flexibility index (Phi) is 4.65. The summed E-state index contributed by atoms with van der Waals surface area (Å²) in [5.74, 6) is 0.137. The van der Waals surface area contributed by atoms with Gasteiger partial charge in [0.1, 0.15) is 17.3 Å². The molecule has 0 spiro atoms. The van der Waals surface area contributed by atoms with Crippen molar-refractivity contribution in [2.45, 2.75) is 6.42 Å². The average molecular weight is 273 g/mol. The van der Waals surface area contributed by atoms with Crippen molar-refractivity contribution < 1.29 is 9.18 Å². The number of nitrogens with zero attached hydrogens (tertiary/aromatic N) is 1. The van der Waals surface area contributed by atoms with E-state index in [-0.39, 0.29) is 11.7 Å². The molecular weight excluding hydrogens is 257 g/mol. The van der Waals surface area contributed by atoms with Crippen LogP contribution >= 0.6 is 0 Å². The topological polar surface area (TPSA) is 54.0 Å². The second-order valence-corrected chi connectivity index (χ2v) is 4.29. The zero-order valence-corrected chi connectivity index (χ0v) is 11.2. The van der Waals surface area contributed by atoms with Crippen molar-refractivity contribution in [2.75, 3.05) is 18.9 Å². The van der Waals surface area contributed by atoms with Gasteiger partial charge in [0.2, 0.25) is 0 Å². The molecule has 104 valence electrons. The summed E-state index contributed by atoms with van der Waals surface area (Å²) < 4.78 is 13.0. The van der Waals surface area contributed by atoms with E-state index in [1.54, 1.807) is 31.3 Å². The van der Waals surface area contributed by atoms with Crippen molar-refractivity contribution in [2.24, 2.45) is 0 Å². The number of pyridine rings is 1. The van der Waals surface area contributed by atoms with Gasteiger partial charge in [0.05, 0.1) is 0 Å². The molecule has 2 rings (SSSR count). The molecule has 0 saturated heterocycles. The van der Waals surface area contributed by atoms with E-state index in [9.17, 15) is 9.18 Å². The van der Waals surface area contributed by atoms with Gasteiger partial charge in [0, 0.05) is 13.6 Å². The van der Waals surface area contributed by atoms with Gasteiger partial charge in [-0.1, -0.05) is 18.2 Å². The molecule has 0 saturated carbocycles. The van der Waals surface area contributed by atoms with E-state index in [4.69, 9.17) is 0 Å². The maximum atomic E-state index is 13.0. The lowest BCUT2D eigenvalue weighted by Gasteiger charge is -2.06. The molecule has 1 heterocycles. The molecule has 0 aliphatic rings. The summed E-state index contributed by atoms with van der Waals surface area (Å²) in [6, 6.07) is 11.5. The maximum Gasteiger partial charge on any atom is 0.269 e. The van der Waals surface area contributed by atoms with Crippen LogP contribution in [0.3, 0.4) is 0 Å². The predicted molar refractivity (Wildman–Crippen MR) is 76.2 cm³/mol. The van der Waals surface area contributed by atoms with E-state index < -0.39 is 0 Å². The molecule has 20 heavy (non-hydrogen) atoms. The molecule has 5 heteroatoms. The van der Waals surface area contributed by atoms with Gasteiger partial charge in [0.15, 0.2) is 0 Å². The number of rotatable bonds is 5. The number of aromatic nitrogens is 1. The SMILES string of the molecule is CNc1cccc(C(=O)NCCc2cccc(F)c2)n1. The number of hydrogen-bond donors (Lipinski definition) is 2. The highest BCUT2D eigenvalue weighted by atomic mass is 19.1. The van der Waals surface area contributed by atoms with E-state index in [0.717, 1.165) is 5.56 Å². The zero-order valence-electron chi connectivity index (χ0n) is 11.2. The van der Waals surface area contributed by atoms with Crippen LogP contribution in [0.25, 0.3) is 0 Å². The largest absolute Gasteiger partial charge is 0.373 e. The highest BCUT2D eigenvalue weighted by molar-refractivity contribution is 5.92. The van der Waals surface area contributed by atoms with Crippen LogP contribution in [0.15, 0.2) is 42.5 Å². The van der Waals surface area contributed by atoms with Crippen LogP contribution in [0.2, 0.25) is 0 Å². The van der Waals surface area contributed by atoms with Crippen molar-refractivity contribution in [1.82, 2.24) is 10.3 Å². The third-order valence-electron chi connectivity index (χ3n) is 2.83. The summed E-state index contributed by atoms with van der Waals surface area (Å²) >= 11 is 0. The molecule has 0 radical (unpaired) electrons. The number of carbonyl (C=O) groups is 1. The van der Waals surface area contributed by atoms with Crippen LogP contribution in [0, 0.1) is 5.82 Å². The van der Waals surface area contributed by atoms with E-state index in [1.807, 2.05) is 6.07 Å². The monoisotopic (exact) mass is 273 g/mol. The van der Waals surface area contributed by atoms with Crippen LogP contribution < -0.4 is 10.6 Å². The summed E-state index contributed by atoms with van der Waals surface area (Å²) in [6.07, 6.45) is 0.579. The Morgan fingerprint density at radius 1 is 1.25 bits per heavy atom. The number of anilines is 1. The molecule has 1 amide bonds. The number of halogens is 1. The highest BCUT2D eigenvalue weighted by Crippen LogP contribution is 2.05. The van der Waals surface area contributed by atoms with Crippen LogP contribution in [-0.4, -0.2) is 24.5 Å². The van der Waals surface area contributed by atoms with Gasteiger partial charge in [-0.2, -0.15) is 0 Å². The van der Waals surface area contributed by atoms with Gasteiger partial charge < -0.3 is 10.6 Å². The maximum absolute atomic E-state index is 13.0. The summed E-state index contributed by atoms with van der Waals surface area (Å²) in [4.78, 5) is 16.0. The highest BCUT2D eigenvalue weighted by Gasteiger charge is 2.07. The fourth-order valence-corrected chi connectivity index (χ4v) is 1.80. The van der Waals surface area contributed by atoms with Gasteiger partial charge in [-0.15, -0.1) is 0 Å². The third kappa shape index (κ3) is 3.78. The molecular formula is C15H16FN3O. The Morgan fingerprint density at radius 2 is 2.05 bits per heavy atom. The van der Waals surface area contributed by atoms with Crippen molar-refractivity contribution in [3.8, 4) is 0 Å². The van der Waals surface area contributed by atoms with E-state index in [2.05, 4.69) is 15.6 Å². The van der Waals surface area contributed by atoms with Crippen molar-refractivity contribution in [1.29, 1.82) is 0 Å². The van der Waals surface area contributed by atoms with E-state index in [1.165, 1.54) is 12.1 Å². The van der Waals surface area contributed by atoms with E-state index >= 15 is 0 Å². The fraction of sp³-hybridized carbons (Fsp3) is 0.200. The number of benzene rings is 1. The minimum atomic E-state index is -0.266. The first-order valence-corrected chi connectivity index (χ1v) is 6.36. The molecule has 0 aliphatic carbocycles. The Hall–Kier alpha value is -2.43. The molecule has 4 nitrogen and oxygen atoms in total. The quantitative estimate of drug-likeness (QED) is 0.878. The summed E-state index contributed by atoms with van der Waals surface area (Å²) in [6.45, 7) is 0.438. The molecule has 0 aliphatic heterocycles. The molecule has 1 aromatic heterocycles. The number of nitrogens with one attached hydrogen (secondary N) is 2. The van der Waals surface area contributed by atoms with Crippen molar-refractivity contribution in [3.63, 3.8) is 0 Å². The number of carbonyl (C=O) groups excluding carboxylic acids is 1. The van der Waals surface area contributed by atoms with Crippen LogP contribution in [0.5, 0.6) is 0 Å². The van der Waals surface area contributed by atoms with Crippen LogP contribution in [-0.2, 0) is 6.42 Å². The summed E-state index contributed by atoms with van der Waals surface area (Å²) in [5, 5.41) is 5.64. The van der Waals surface area contributed by atoms with Gasteiger partial charge >= 0.3 is 0 Å². The fourth-order valence-electron chi connectivity index (χ4n) is 1.80. The zero-order chi connectivity index (χ0) is 14.4. The lowest BCUT2D eigenvalue weighted by molar-refractivity contribution is 0.0949. The number of amides is 1. The van der Waals surface area contributed by atoms with Gasteiger partial charge in [-0.25, -0.2) is 9.37 Å². The second-order valence-electron chi connectivity index (χ2n) is 4.29. The van der Waals surface area contributed by atoms with Gasteiger partial charge in [-0.05, 0) is 36.2 Å². The van der Waals surface area contributed by atoms with Gasteiger partial charge in [0.25, 0.3) is 5.91 Å². The Balaban J connectivity index is 1.89. The first-order chi connectivity index (χ1) is 9.69.